The first-order valence-corrected chi connectivity index (χ1v) is 10.1. The van der Waals surface area contributed by atoms with Gasteiger partial charge < -0.3 is 19.5 Å². The van der Waals surface area contributed by atoms with Crippen LogP contribution < -0.4 is 19.5 Å². The molecule has 2 aromatic carbocycles. The van der Waals surface area contributed by atoms with E-state index >= 15 is 0 Å². The number of rotatable bonds is 10. The molecule has 1 aromatic heterocycles. The zero-order valence-electron chi connectivity index (χ0n) is 17.6. The second-order valence-electron chi connectivity index (χ2n) is 6.40. The van der Waals surface area contributed by atoms with Gasteiger partial charge in [-0.2, -0.15) is 5.10 Å². The maximum Gasteiger partial charge on any atom is 0.251 e. The third-order valence-electron chi connectivity index (χ3n) is 4.33. The highest BCUT2D eigenvalue weighted by Gasteiger charge is 2.18. The molecule has 0 aliphatic heterocycles. The minimum absolute atomic E-state index is 0.212. The van der Waals surface area contributed by atoms with E-state index in [9.17, 15) is 4.79 Å². The SMILES string of the molecule is CCOc1cc(C(=O)NCc2ccc(-n3cccn3)cc2)cc(OCC)c1OCC. The molecule has 0 aliphatic carbocycles. The molecule has 3 aromatic rings. The van der Waals surface area contributed by atoms with Crippen LogP contribution in [0.1, 0.15) is 36.7 Å². The van der Waals surface area contributed by atoms with Crippen molar-refractivity contribution < 1.29 is 19.0 Å². The summed E-state index contributed by atoms with van der Waals surface area (Å²) in [6.45, 7) is 7.45. The van der Waals surface area contributed by atoms with Crippen LogP contribution in [0.15, 0.2) is 54.9 Å². The summed E-state index contributed by atoms with van der Waals surface area (Å²) in [5.74, 6) is 1.31. The molecule has 7 heteroatoms. The molecule has 158 valence electrons. The fourth-order valence-electron chi connectivity index (χ4n) is 2.99. The average Bonchev–Trinajstić information content (AvgIpc) is 3.30. The Labute approximate surface area is 176 Å². The maximum absolute atomic E-state index is 12.8. The fraction of sp³-hybridized carbons (Fsp3) is 0.304. The van der Waals surface area contributed by atoms with Crippen molar-refractivity contribution in [2.75, 3.05) is 19.8 Å². The van der Waals surface area contributed by atoms with Gasteiger partial charge in [-0.1, -0.05) is 12.1 Å². The highest BCUT2D eigenvalue weighted by molar-refractivity contribution is 5.95. The van der Waals surface area contributed by atoms with E-state index in [4.69, 9.17) is 14.2 Å². The van der Waals surface area contributed by atoms with E-state index in [-0.39, 0.29) is 5.91 Å². The molecule has 1 N–H and O–H groups in total. The molecule has 1 amide bonds. The standard InChI is InChI=1S/C23H27N3O4/c1-4-28-20-14-18(15-21(29-5-2)22(20)30-6-3)23(27)24-16-17-8-10-19(11-9-17)26-13-7-12-25-26/h7-15H,4-6,16H2,1-3H3,(H,24,27). The van der Waals surface area contributed by atoms with Crippen LogP contribution in [-0.4, -0.2) is 35.5 Å². The van der Waals surface area contributed by atoms with Crippen LogP contribution in [0.5, 0.6) is 17.2 Å². The van der Waals surface area contributed by atoms with Crippen LogP contribution >= 0.6 is 0 Å². The van der Waals surface area contributed by atoms with Gasteiger partial charge in [0.05, 0.1) is 25.5 Å². The normalized spacial score (nSPS) is 10.5. The molecule has 0 radical (unpaired) electrons. The third-order valence-corrected chi connectivity index (χ3v) is 4.33. The van der Waals surface area contributed by atoms with E-state index in [0.717, 1.165) is 11.3 Å². The summed E-state index contributed by atoms with van der Waals surface area (Å²) in [5.41, 5.74) is 2.41. The summed E-state index contributed by atoms with van der Waals surface area (Å²) in [7, 11) is 0. The molecule has 0 unspecified atom stereocenters. The number of aromatic nitrogens is 2. The van der Waals surface area contributed by atoms with Gasteiger partial charge in [-0.15, -0.1) is 0 Å². The van der Waals surface area contributed by atoms with Crippen molar-refractivity contribution in [3.8, 4) is 22.9 Å². The smallest absolute Gasteiger partial charge is 0.251 e. The number of benzene rings is 2. The lowest BCUT2D eigenvalue weighted by Gasteiger charge is -2.17. The number of hydrogen-bond acceptors (Lipinski definition) is 5. The lowest BCUT2D eigenvalue weighted by molar-refractivity contribution is 0.0949. The van der Waals surface area contributed by atoms with Gasteiger partial charge in [0.2, 0.25) is 5.75 Å². The lowest BCUT2D eigenvalue weighted by atomic mass is 10.1. The van der Waals surface area contributed by atoms with Crippen LogP contribution in [0.3, 0.4) is 0 Å². The van der Waals surface area contributed by atoms with E-state index in [2.05, 4.69) is 10.4 Å². The lowest BCUT2D eigenvalue weighted by Crippen LogP contribution is -2.23. The minimum atomic E-state index is -0.212. The largest absolute Gasteiger partial charge is 0.490 e. The maximum atomic E-state index is 12.8. The molecule has 1 heterocycles. The van der Waals surface area contributed by atoms with Crippen LogP contribution in [-0.2, 0) is 6.54 Å². The third kappa shape index (κ3) is 5.11. The van der Waals surface area contributed by atoms with E-state index in [1.165, 1.54) is 0 Å². The molecule has 7 nitrogen and oxygen atoms in total. The Morgan fingerprint density at radius 2 is 1.60 bits per heavy atom. The zero-order chi connectivity index (χ0) is 21.3. The highest BCUT2D eigenvalue weighted by atomic mass is 16.5. The van der Waals surface area contributed by atoms with Gasteiger partial charge >= 0.3 is 0 Å². The monoisotopic (exact) mass is 409 g/mol. The Bertz CT molecular complexity index is 926. The van der Waals surface area contributed by atoms with Crippen molar-refractivity contribution in [1.29, 1.82) is 0 Å². The molecule has 3 rings (SSSR count). The first-order valence-electron chi connectivity index (χ1n) is 10.1. The molecule has 0 atom stereocenters. The van der Waals surface area contributed by atoms with Gasteiger partial charge in [-0.3, -0.25) is 4.79 Å². The summed E-state index contributed by atoms with van der Waals surface area (Å²) >= 11 is 0. The highest BCUT2D eigenvalue weighted by Crippen LogP contribution is 2.39. The molecule has 0 aliphatic rings. The van der Waals surface area contributed by atoms with Crippen LogP contribution in [0.4, 0.5) is 0 Å². The van der Waals surface area contributed by atoms with Crippen molar-refractivity contribution in [3.05, 3.63) is 66.0 Å². The number of carbonyl (C=O) groups excluding carboxylic acids is 1. The van der Waals surface area contributed by atoms with Gasteiger partial charge in [-0.05, 0) is 56.7 Å². The van der Waals surface area contributed by atoms with Gasteiger partial charge in [0.15, 0.2) is 11.5 Å². The Balaban J connectivity index is 1.74. The Hall–Kier alpha value is -3.48. The van der Waals surface area contributed by atoms with Gasteiger partial charge in [0.25, 0.3) is 5.91 Å². The second-order valence-corrected chi connectivity index (χ2v) is 6.40. The second kappa shape index (κ2) is 10.3. The van der Waals surface area contributed by atoms with Crippen molar-refractivity contribution in [2.24, 2.45) is 0 Å². The van der Waals surface area contributed by atoms with Gasteiger partial charge in [0, 0.05) is 24.5 Å². The molecule has 0 saturated carbocycles. The number of nitrogens with zero attached hydrogens (tertiary/aromatic N) is 2. The minimum Gasteiger partial charge on any atom is -0.490 e. The Kier molecular flexibility index (Phi) is 7.32. The van der Waals surface area contributed by atoms with E-state index in [1.807, 2.05) is 57.3 Å². The molecule has 0 spiro atoms. The molecule has 30 heavy (non-hydrogen) atoms. The van der Waals surface area contributed by atoms with E-state index in [0.29, 0.717) is 49.2 Å². The molecule has 0 bridgehead atoms. The average molecular weight is 409 g/mol. The molecule has 0 saturated heterocycles. The zero-order valence-corrected chi connectivity index (χ0v) is 17.6. The predicted molar refractivity (Wildman–Crippen MR) is 115 cm³/mol. The molecular formula is C23H27N3O4. The van der Waals surface area contributed by atoms with Crippen molar-refractivity contribution in [3.63, 3.8) is 0 Å². The molecular weight excluding hydrogens is 382 g/mol. The summed E-state index contributed by atoms with van der Waals surface area (Å²) in [5, 5.41) is 7.16. The van der Waals surface area contributed by atoms with Gasteiger partial charge in [0.1, 0.15) is 0 Å². The van der Waals surface area contributed by atoms with Gasteiger partial charge in [-0.25, -0.2) is 4.68 Å². The van der Waals surface area contributed by atoms with Crippen LogP contribution in [0, 0.1) is 0 Å². The Morgan fingerprint density at radius 1 is 0.967 bits per heavy atom. The Morgan fingerprint density at radius 3 is 2.13 bits per heavy atom. The number of ether oxygens (including phenoxy) is 3. The first kappa shape index (κ1) is 21.2. The van der Waals surface area contributed by atoms with E-state index in [1.54, 1.807) is 23.0 Å². The van der Waals surface area contributed by atoms with Crippen molar-refractivity contribution in [2.45, 2.75) is 27.3 Å². The van der Waals surface area contributed by atoms with Crippen molar-refractivity contribution >= 4 is 5.91 Å². The molecule has 0 fully saturated rings. The first-order chi connectivity index (χ1) is 14.7. The summed E-state index contributed by atoms with van der Waals surface area (Å²) in [4.78, 5) is 12.8. The summed E-state index contributed by atoms with van der Waals surface area (Å²) in [6, 6.07) is 13.1. The number of hydrogen-bond donors (Lipinski definition) is 1. The van der Waals surface area contributed by atoms with Crippen LogP contribution in [0.25, 0.3) is 5.69 Å². The topological polar surface area (TPSA) is 74.6 Å². The quantitative estimate of drug-likeness (QED) is 0.548. The number of amides is 1. The number of carbonyl (C=O) groups is 1. The number of nitrogens with one attached hydrogen (secondary N) is 1. The van der Waals surface area contributed by atoms with Crippen molar-refractivity contribution in [1.82, 2.24) is 15.1 Å². The fourth-order valence-corrected chi connectivity index (χ4v) is 2.99. The predicted octanol–water partition coefficient (Wildman–Crippen LogP) is 4.00. The summed E-state index contributed by atoms with van der Waals surface area (Å²) < 4.78 is 18.8. The summed E-state index contributed by atoms with van der Waals surface area (Å²) in [6.07, 6.45) is 3.62. The van der Waals surface area contributed by atoms with E-state index < -0.39 is 0 Å². The van der Waals surface area contributed by atoms with Crippen LogP contribution in [0.2, 0.25) is 0 Å².